The maximum atomic E-state index is 13.9. The SMILES string of the molecule is CC(C)(C)OC(=O)CNCC(=O)n1cc(NC(=O)Nc2ccc(C(F)(F)F)cc2)c2cc(F)ccc21. The van der Waals surface area contributed by atoms with Gasteiger partial charge in [0.05, 0.1) is 29.9 Å². The smallest absolute Gasteiger partial charge is 0.416 e. The Hall–Kier alpha value is -3.93. The Morgan fingerprint density at radius 1 is 0.944 bits per heavy atom. The van der Waals surface area contributed by atoms with Crippen LogP contribution < -0.4 is 16.0 Å². The first kappa shape index (κ1) is 26.7. The van der Waals surface area contributed by atoms with E-state index in [0.717, 1.165) is 36.4 Å². The van der Waals surface area contributed by atoms with E-state index < -0.39 is 41.1 Å². The number of urea groups is 1. The Labute approximate surface area is 203 Å². The number of carbonyl (C=O) groups excluding carboxylic acids is 3. The van der Waals surface area contributed by atoms with Crippen LogP contribution in [0, 0.1) is 5.82 Å². The van der Waals surface area contributed by atoms with Crippen LogP contribution in [0.1, 0.15) is 31.1 Å². The van der Waals surface area contributed by atoms with E-state index >= 15 is 0 Å². The molecule has 0 radical (unpaired) electrons. The summed E-state index contributed by atoms with van der Waals surface area (Å²) in [6.45, 7) is 4.67. The van der Waals surface area contributed by atoms with Gasteiger partial charge in [-0.05, 0) is 63.2 Å². The molecule has 0 atom stereocenters. The molecule has 36 heavy (non-hydrogen) atoms. The fraction of sp³-hybridized carbons (Fsp3) is 0.292. The Kier molecular flexibility index (Phi) is 7.68. The van der Waals surface area contributed by atoms with E-state index in [9.17, 15) is 31.9 Å². The van der Waals surface area contributed by atoms with Gasteiger partial charge in [-0.3, -0.25) is 19.5 Å². The van der Waals surface area contributed by atoms with Crippen LogP contribution in [0.25, 0.3) is 10.9 Å². The topological polar surface area (TPSA) is 101 Å². The predicted octanol–water partition coefficient (Wildman–Crippen LogP) is 5.01. The van der Waals surface area contributed by atoms with Gasteiger partial charge in [0.1, 0.15) is 11.4 Å². The number of nitrogens with one attached hydrogen (secondary N) is 3. The van der Waals surface area contributed by atoms with Crippen molar-refractivity contribution in [2.75, 3.05) is 23.7 Å². The number of halogens is 4. The van der Waals surface area contributed by atoms with Crippen molar-refractivity contribution < 1.29 is 36.7 Å². The third kappa shape index (κ3) is 7.04. The van der Waals surface area contributed by atoms with Crippen molar-refractivity contribution in [3.63, 3.8) is 0 Å². The van der Waals surface area contributed by atoms with Gasteiger partial charge >= 0.3 is 18.2 Å². The van der Waals surface area contributed by atoms with Gasteiger partial charge in [0, 0.05) is 17.3 Å². The lowest BCUT2D eigenvalue weighted by Gasteiger charge is -2.19. The Morgan fingerprint density at radius 2 is 1.61 bits per heavy atom. The van der Waals surface area contributed by atoms with E-state index in [2.05, 4.69) is 16.0 Å². The van der Waals surface area contributed by atoms with Crippen LogP contribution in [0.3, 0.4) is 0 Å². The van der Waals surface area contributed by atoms with Gasteiger partial charge in [-0.2, -0.15) is 13.2 Å². The molecule has 2 aromatic carbocycles. The van der Waals surface area contributed by atoms with E-state index in [1.807, 2.05) is 0 Å². The molecule has 1 heterocycles. The second kappa shape index (κ2) is 10.4. The van der Waals surface area contributed by atoms with Crippen LogP contribution in [0.5, 0.6) is 0 Å². The molecule has 3 aromatic rings. The number of hydrogen-bond acceptors (Lipinski definition) is 5. The van der Waals surface area contributed by atoms with Crippen molar-refractivity contribution in [3.05, 3.63) is 60.0 Å². The molecule has 192 valence electrons. The Balaban J connectivity index is 1.72. The molecular formula is C24H24F4N4O4. The minimum atomic E-state index is -4.51. The number of amides is 2. The summed E-state index contributed by atoms with van der Waals surface area (Å²) in [5.41, 5.74) is -1.06. The maximum absolute atomic E-state index is 13.9. The Morgan fingerprint density at radius 3 is 2.22 bits per heavy atom. The van der Waals surface area contributed by atoms with Gasteiger partial charge in [-0.1, -0.05) is 0 Å². The van der Waals surface area contributed by atoms with Gasteiger partial charge < -0.3 is 15.4 Å². The molecule has 3 N–H and O–H groups in total. The lowest BCUT2D eigenvalue weighted by atomic mass is 10.2. The van der Waals surface area contributed by atoms with Crippen molar-refractivity contribution in [1.82, 2.24) is 9.88 Å². The van der Waals surface area contributed by atoms with E-state index in [1.165, 1.54) is 16.8 Å². The fourth-order valence-corrected chi connectivity index (χ4v) is 3.27. The van der Waals surface area contributed by atoms with Gasteiger partial charge in [0.2, 0.25) is 5.91 Å². The molecule has 0 aliphatic heterocycles. The molecule has 2 amide bonds. The molecule has 0 aliphatic carbocycles. The number of ether oxygens (including phenoxy) is 1. The third-order valence-electron chi connectivity index (χ3n) is 4.72. The average Bonchev–Trinajstić information content (AvgIpc) is 3.09. The molecule has 8 nitrogen and oxygen atoms in total. The monoisotopic (exact) mass is 508 g/mol. The molecule has 0 saturated carbocycles. The zero-order chi connectivity index (χ0) is 26.7. The van der Waals surface area contributed by atoms with Crippen molar-refractivity contribution in [2.24, 2.45) is 0 Å². The second-order valence-electron chi connectivity index (χ2n) is 8.81. The van der Waals surface area contributed by atoms with E-state index in [4.69, 9.17) is 4.74 Å². The third-order valence-corrected chi connectivity index (χ3v) is 4.72. The van der Waals surface area contributed by atoms with Crippen LogP contribution in [0.2, 0.25) is 0 Å². The number of rotatable bonds is 6. The summed E-state index contributed by atoms with van der Waals surface area (Å²) in [6, 6.07) is 6.63. The van der Waals surface area contributed by atoms with Gasteiger partial charge in [0.25, 0.3) is 0 Å². The highest BCUT2D eigenvalue weighted by Crippen LogP contribution is 2.30. The number of nitrogens with zero attached hydrogens (tertiary/aromatic N) is 1. The van der Waals surface area contributed by atoms with E-state index in [0.29, 0.717) is 5.52 Å². The van der Waals surface area contributed by atoms with Gasteiger partial charge in [0.15, 0.2) is 0 Å². The number of anilines is 2. The van der Waals surface area contributed by atoms with Crippen LogP contribution in [-0.4, -0.2) is 41.2 Å². The molecule has 0 saturated heterocycles. The summed E-state index contributed by atoms with van der Waals surface area (Å²) in [4.78, 5) is 37.0. The first-order valence-electron chi connectivity index (χ1n) is 10.7. The largest absolute Gasteiger partial charge is 0.459 e. The van der Waals surface area contributed by atoms with Gasteiger partial charge in [-0.15, -0.1) is 0 Å². The summed E-state index contributed by atoms with van der Waals surface area (Å²) in [5.74, 6) is -1.65. The van der Waals surface area contributed by atoms with Crippen LogP contribution in [-0.2, 0) is 15.7 Å². The molecular weight excluding hydrogens is 484 g/mol. The highest BCUT2D eigenvalue weighted by Gasteiger charge is 2.30. The highest BCUT2D eigenvalue weighted by molar-refractivity contribution is 6.08. The molecule has 12 heteroatoms. The van der Waals surface area contributed by atoms with Crippen molar-refractivity contribution in [2.45, 2.75) is 32.5 Å². The standard InChI is InChI=1S/C24H24F4N4O4/c1-23(2,3)36-21(34)12-29-11-20(33)32-13-18(17-10-15(25)6-9-19(17)32)31-22(35)30-16-7-4-14(5-8-16)24(26,27)28/h4-10,13,29H,11-12H2,1-3H3,(H2,30,31,35). The van der Waals surface area contributed by atoms with Crippen molar-refractivity contribution in [1.29, 1.82) is 0 Å². The van der Waals surface area contributed by atoms with Crippen molar-refractivity contribution in [3.8, 4) is 0 Å². The quantitative estimate of drug-likeness (QED) is 0.321. The van der Waals surface area contributed by atoms with Crippen LogP contribution in [0.15, 0.2) is 48.7 Å². The number of fused-ring (bicyclic) bond motifs is 1. The van der Waals surface area contributed by atoms with Crippen LogP contribution >= 0.6 is 0 Å². The number of alkyl halides is 3. The summed E-state index contributed by atoms with van der Waals surface area (Å²) >= 11 is 0. The fourth-order valence-electron chi connectivity index (χ4n) is 3.27. The number of esters is 1. The Bertz CT molecular complexity index is 1280. The number of carbonyl (C=O) groups is 3. The van der Waals surface area contributed by atoms with E-state index in [-0.39, 0.29) is 29.9 Å². The first-order chi connectivity index (χ1) is 16.7. The maximum Gasteiger partial charge on any atom is 0.416 e. The zero-order valence-electron chi connectivity index (χ0n) is 19.6. The zero-order valence-corrected chi connectivity index (χ0v) is 19.6. The summed E-state index contributed by atoms with van der Waals surface area (Å²) in [7, 11) is 0. The molecule has 3 rings (SSSR count). The number of hydrogen-bond donors (Lipinski definition) is 3. The summed E-state index contributed by atoms with van der Waals surface area (Å²) in [5, 5.41) is 7.76. The lowest BCUT2D eigenvalue weighted by molar-refractivity contribution is -0.153. The van der Waals surface area contributed by atoms with Gasteiger partial charge in [-0.25, -0.2) is 9.18 Å². The molecule has 0 aliphatic rings. The normalized spacial score (nSPS) is 11.9. The van der Waals surface area contributed by atoms with Crippen molar-refractivity contribution >= 4 is 40.2 Å². The molecule has 0 spiro atoms. The minimum Gasteiger partial charge on any atom is -0.459 e. The molecule has 0 unspecified atom stereocenters. The molecule has 1 aromatic heterocycles. The molecule has 0 bridgehead atoms. The summed E-state index contributed by atoms with van der Waals surface area (Å²) < 4.78 is 58.4. The van der Waals surface area contributed by atoms with Crippen LogP contribution in [0.4, 0.5) is 33.7 Å². The van der Waals surface area contributed by atoms with E-state index in [1.54, 1.807) is 20.8 Å². The predicted molar refractivity (Wildman–Crippen MR) is 125 cm³/mol. The summed E-state index contributed by atoms with van der Waals surface area (Å²) in [6.07, 6.45) is -3.23. The number of benzene rings is 2. The second-order valence-corrected chi connectivity index (χ2v) is 8.81. The number of aromatic nitrogens is 1. The molecule has 0 fully saturated rings. The minimum absolute atomic E-state index is 0.0920. The lowest BCUT2D eigenvalue weighted by Crippen LogP contribution is -2.35. The first-order valence-corrected chi connectivity index (χ1v) is 10.7. The average molecular weight is 508 g/mol. The highest BCUT2D eigenvalue weighted by atomic mass is 19.4.